The molecule has 0 aliphatic heterocycles. The highest BCUT2D eigenvalue weighted by Crippen LogP contribution is 2.20. The molecule has 0 spiro atoms. The number of H-pyrrole nitrogens is 1. The van der Waals surface area contributed by atoms with Crippen molar-refractivity contribution in [1.29, 1.82) is 0 Å². The first-order chi connectivity index (χ1) is 13.2. The Bertz CT molecular complexity index is 1140. The van der Waals surface area contributed by atoms with Gasteiger partial charge in [0.15, 0.2) is 5.82 Å². The fraction of sp³-hybridized carbons (Fsp3) is 0.0526. The van der Waals surface area contributed by atoms with Crippen LogP contribution in [0.4, 0.5) is 4.39 Å². The van der Waals surface area contributed by atoms with Crippen molar-refractivity contribution in [3.8, 4) is 11.4 Å². The van der Waals surface area contributed by atoms with Crippen molar-refractivity contribution < 1.29 is 4.39 Å². The second-order valence-corrected chi connectivity index (χ2v) is 6.23. The lowest BCUT2D eigenvalue weighted by Crippen LogP contribution is -1.99. The number of hydrogen-bond acceptors (Lipinski definition) is 4. The van der Waals surface area contributed by atoms with E-state index in [0.717, 1.165) is 11.1 Å². The van der Waals surface area contributed by atoms with E-state index in [4.69, 9.17) is 12.2 Å². The van der Waals surface area contributed by atoms with Gasteiger partial charge in [0.25, 0.3) is 0 Å². The van der Waals surface area contributed by atoms with Gasteiger partial charge in [0.2, 0.25) is 4.77 Å². The second kappa shape index (κ2) is 7.46. The van der Waals surface area contributed by atoms with Crippen LogP contribution in [0, 0.1) is 10.6 Å². The standard InChI is InChI=1S/C19H15FN6S/c20-17-9-5-4-8-16(17)18-23-24-19(27)26(18)22-11-15-10-21-25(13-15)12-14-6-2-1-3-7-14/h1-11,13H,12H2,(H,24,27)/b22-11-. The third-order valence-electron chi connectivity index (χ3n) is 3.93. The van der Waals surface area contributed by atoms with E-state index in [1.807, 2.05) is 41.2 Å². The summed E-state index contributed by atoms with van der Waals surface area (Å²) in [4.78, 5) is 0. The average molecular weight is 378 g/mol. The molecule has 134 valence electrons. The van der Waals surface area contributed by atoms with E-state index in [1.165, 1.54) is 10.7 Å². The largest absolute Gasteiger partial charge is 0.268 e. The summed E-state index contributed by atoms with van der Waals surface area (Å²) in [6, 6.07) is 16.4. The van der Waals surface area contributed by atoms with Crippen LogP contribution >= 0.6 is 12.2 Å². The van der Waals surface area contributed by atoms with Gasteiger partial charge in [-0.15, -0.1) is 0 Å². The summed E-state index contributed by atoms with van der Waals surface area (Å²) in [5, 5.41) is 15.4. The number of aromatic amines is 1. The third-order valence-corrected chi connectivity index (χ3v) is 4.19. The van der Waals surface area contributed by atoms with Crippen molar-refractivity contribution in [1.82, 2.24) is 24.7 Å². The van der Waals surface area contributed by atoms with Gasteiger partial charge in [-0.05, 0) is 29.9 Å². The Balaban J connectivity index is 1.59. The van der Waals surface area contributed by atoms with E-state index >= 15 is 0 Å². The molecular weight excluding hydrogens is 363 g/mol. The molecule has 1 N–H and O–H groups in total. The van der Waals surface area contributed by atoms with E-state index in [2.05, 4.69) is 20.4 Å². The number of nitrogens with zero attached hydrogens (tertiary/aromatic N) is 5. The van der Waals surface area contributed by atoms with Gasteiger partial charge in [0.05, 0.1) is 24.5 Å². The quantitative estimate of drug-likeness (QED) is 0.423. The molecule has 0 amide bonds. The Morgan fingerprint density at radius 2 is 1.89 bits per heavy atom. The van der Waals surface area contributed by atoms with Crippen LogP contribution in [0.25, 0.3) is 11.4 Å². The fourth-order valence-electron chi connectivity index (χ4n) is 2.64. The molecule has 2 aromatic carbocycles. The minimum Gasteiger partial charge on any atom is -0.268 e. The lowest BCUT2D eigenvalue weighted by atomic mass is 10.2. The molecular formula is C19H15FN6S. The number of benzene rings is 2. The van der Waals surface area contributed by atoms with Crippen LogP contribution in [0.1, 0.15) is 11.1 Å². The minimum atomic E-state index is -0.390. The summed E-state index contributed by atoms with van der Waals surface area (Å²) in [5.41, 5.74) is 2.28. The maximum Gasteiger partial charge on any atom is 0.216 e. The van der Waals surface area contributed by atoms with Gasteiger partial charge in [-0.25, -0.2) is 9.49 Å². The van der Waals surface area contributed by atoms with E-state index in [9.17, 15) is 4.39 Å². The maximum absolute atomic E-state index is 14.1. The highest BCUT2D eigenvalue weighted by atomic mass is 32.1. The SMILES string of the molecule is Fc1ccccc1-c1n[nH]c(=S)n1/N=C\c1cnn(Cc2ccccc2)c1. The lowest BCUT2D eigenvalue weighted by Gasteiger charge is -2.01. The van der Waals surface area contributed by atoms with Crippen LogP contribution in [0.3, 0.4) is 0 Å². The third kappa shape index (κ3) is 3.75. The monoisotopic (exact) mass is 378 g/mol. The molecule has 8 heteroatoms. The van der Waals surface area contributed by atoms with Gasteiger partial charge in [0, 0.05) is 11.8 Å². The second-order valence-electron chi connectivity index (χ2n) is 5.85. The van der Waals surface area contributed by atoms with Gasteiger partial charge in [-0.3, -0.25) is 4.68 Å². The molecule has 2 heterocycles. The molecule has 0 saturated carbocycles. The maximum atomic E-state index is 14.1. The molecule has 4 rings (SSSR count). The zero-order valence-corrected chi connectivity index (χ0v) is 15.0. The molecule has 0 unspecified atom stereocenters. The van der Waals surface area contributed by atoms with Crippen molar-refractivity contribution in [2.75, 3.05) is 0 Å². The van der Waals surface area contributed by atoms with Gasteiger partial charge < -0.3 is 0 Å². The van der Waals surface area contributed by atoms with E-state index < -0.39 is 5.82 Å². The predicted molar refractivity (Wildman–Crippen MR) is 104 cm³/mol. The zero-order valence-electron chi connectivity index (χ0n) is 14.2. The molecule has 0 saturated heterocycles. The summed E-state index contributed by atoms with van der Waals surface area (Å²) in [6.45, 7) is 0.667. The van der Waals surface area contributed by atoms with Crippen molar-refractivity contribution >= 4 is 18.4 Å². The number of nitrogens with one attached hydrogen (secondary N) is 1. The highest BCUT2D eigenvalue weighted by Gasteiger charge is 2.12. The molecule has 6 nitrogen and oxygen atoms in total. The molecule has 0 radical (unpaired) electrons. The Labute approximate surface area is 159 Å². The normalized spacial score (nSPS) is 11.3. The molecule has 4 aromatic rings. The zero-order chi connectivity index (χ0) is 18.6. The van der Waals surface area contributed by atoms with Crippen LogP contribution in [-0.4, -0.2) is 30.9 Å². The van der Waals surface area contributed by atoms with Crippen LogP contribution in [0.15, 0.2) is 72.1 Å². The Morgan fingerprint density at radius 3 is 2.70 bits per heavy atom. The Morgan fingerprint density at radius 1 is 1.11 bits per heavy atom. The average Bonchev–Trinajstić information content (AvgIpc) is 3.28. The number of hydrogen-bond donors (Lipinski definition) is 1. The number of aromatic nitrogens is 5. The minimum absolute atomic E-state index is 0.279. The number of halogens is 1. The van der Waals surface area contributed by atoms with E-state index in [1.54, 1.807) is 30.6 Å². The van der Waals surface area contributed by atoms with E-state index in [0.29, 0.717) is 17.9 Å². The van der Waals surface area contributed by atoms with Crippen LogP contribution in [0.2, 0.25) is 0 Å². The molecule has 2 aromatic heterocycles. The van der Waals surface area contributed by atoms with Crippen molar-refractivity contribution in [2.45, 2.75) is 6.54 Å². The first-order valence-corrected chi connectivity index (χ1v) is 8.64. The first kappa shape index (κ1) is 17.0. The van der Waals surface area contributed by atoms with Crippen molar-refractivity contribution in [3.05, 3.63) is 88.7 Å². The molecule has 0 aliphatic rings. The van der Waals surface area contributed by atoms with Crippen molar-refractivity contribution in [3.63, 3.8) is 0 Å². The molecule has 0 fully saturated rings. The van der Waals surface area contributed by atoms with Gasteiger partial charge in [0.1, 0.15) is 5.82 Å². The smallest absolute Gasteiger partial charge is 0.216 e. The lowest BCUT2D eigenvalue weighted by molar-refractivity contribution is 0.628. The Kier molecular flexibility index (Phi) is 4.71. The van der Waals surface area contributed by atoms with Gasteiger partial charge in [-0.2, -0.15) is 20.0 Å². The van der Waals surface area contributed by atoms with Crippen molar-refractivity contribution in [2.24, 2.45) is 5.10 Å². The summed E-state index contributed by atoms with van der Waals surface area (Å²) in [6.07, 6.45) is 5.20. The molecule has 27 heavy (non-hydrogen) atoms. The molecule has 0 bridgehead atoms. The van der Waals surface area contributed by atoms with Gasteiger partial charge in [-0.1, -0.05) is 42.5 Å². The van der Waals surface area contributed by atoms with Gasteiger partial charge >= 0.3 is 0 Å². The Hall–Kier alpha value is -3.39. The van der Waals surface area contributed by atoms with E-state index in [-0.39, 0.29) is 4.77 Å². The summed E-state index contributed by atoms with van der Waals surface area (Å²) in [5.74, 6) is -0.0790. The topological polar surface area (TPSA) is 63.8 Å². The fourth-order valence-corrected chi connectivity index (χ4v) is 2.82. The summed E-state index contributed by atoms with van der Waals surface area (Å²) in [7, 11) is 0. The predicted octanol–water partition coefficient (Wildman–Crippen LogP) is 3.87. The molecule has 0 atom stereocenters. The highest BCUT2D eigenvalue weighted by molar-refractivity contribution is 7.71. The number of rotatable bonds is 5. The first-order valence-electron chi connectivity index (χ1n) is 8.24. The van der Waals surface area contributed by atoms with Crippen LogP contribution in [-0.2, 0) is 6.54 Å². The van der Waals surface area contributed by atoms with Crippen LogP contribution < -0.4 is 0 Å². The summed E-state index contributed by atoms with van der Waals surface area (Å²) >= 11 is 5.21. The summed E-state index contributed by atoms with van der Waals surface area (Å²) < 4.78 is 17.6. The van der Waals surface area contributed by atoms with Crippen LogP contribution in [0.5, 0.6) is 0 Å². The molecule has 0 aliphatic carbocycles.